The fraction of sp³-hybridized carbons (Fsp3) is 0.577. The number of benzene rings is 1. The van der Waals surface area contributed by atoms with Gasteiger partial charge in [0.1, 0.15) is 4.90 Å². The van der Waals surface area contributed by atoms with Gasteiger partial charge in [-0.3, -0.25) is 4.90 Å². The van der Waals surface area contributed by atoms with Crippen LogP contribution in [0.15, 0.2) is 47.6 Å². The Hall–Kier alpha value is -2.72. The molecule has 3 aliphatic rings. The minimum absolute atomic E-state index is 0.000351. The highest BCUT2D eigenvalue weighted by Crippen LogP contribution is 2.48. The lowest BCUT2D eigenvalue weighted by atomic mass is 9.60. The van der Waals surface area contributed by atoms with Crippen molar-refractivity contribution in [1.82, 2.24) is 25.1 Å². The van der Waals surface area contributed by atoms with Crippen LogP contribution >= 0.6 is 0 Å². The summed E-state index contributed by atoms with van der Waals surface area (Å²) in [6.07, 6.45) is 4.86. The first kappa shape index (κ1) is 25.0. The molecule has 10 heteroatoms. The first-order valence-corrected chi connectivity index (χ1v) is 14.5. The molecule has 1 N–H and O–H groups in total. The minimum Gasteiger partial charge on any atom is -0.335 e. The number of urea groups is 1. The van der Waals surface area contributed by atoms with E-state index in [0.717, 1.165) is 32.5 Å². The molecule has 0 bridgehead atoms. The number of piperazine rings is 1. The number of aromatic nitrogens is 2. The number of rotatable bonds is 6. The Bertz CT molecular complexity index is 1180. The van der Waals surface area contributed by atoms with E-state index in [1.165, 1.54) is 18.0 Å². The van der Waals surface area contributed by atoms with E-state index in [4.69, 9.17) is 0 Å². The summed E-state index contributed by atoms with van der Waals surface area (Å²) in [6, 6.07) is 10.8. The summed E-state index contributed by atoms with van der Waals surface area (Å²) in [7, 11) is -3.33. The molecule has 2 saturated heterocycles. The van der Waals surface area contributed by atoms with Gasteiger partial charge in [-0.15, -0.1) is 0 Å². The molecule has 5 rings (SSSR count). The second-order valence-corrected chi connectivity index (χ2v) is 13.1. The summed E-state index contributed by atoms with van der Waals surface area (Å²) in [4.78, 5) is 28.3. The highest BCUT2D eigenvalue weighted by Gasteiger charge is 2.52. The predicted molar refractivity (Wildman–Crippen MR) is 138 cm³/mol. The second kappa shape index (κ2) is 9.63. The van der Waals surface area contributed by atoms with Crippen molar-refractivity contribution in [2.75, 3.05) is 36.8 Å². The average molecular weight is 513 g/mol. The van der Waals surface area contributed by atoms with Crippen LogP contribution in [0.4, 0.5) is 10.7 Å². The average Bonchev–Trinajstić information content (AvgIpc) is 2.83. The van der Waals surface area contributed by atoms with Crippen LogP contribution in [0.5, 0.6) is 0 Å². The van der Waals surface area contributed by atoms with Gasteiger partial charge in [0.2, 0.25) is 5.95 Å². The van der Waals surface area contributed by atoms with Crippen molar-refractivity contribution in [3.8, 4) is 0 Å². The number of amides is 2. The van der Waals surface area contributed by atoms with E-state index in [9.17, 15) is 13.2 Å². The molecule has 2 amide bonds. The second-order valence-electron chi connectivity index (χ2n) is 10.8. The van der Waals surface area contributed by atoms with Gasteiger partial charge >= 0.3 is 6.03 Å². The maximum Gasteiger partial charge on any atom is 0.317 e. The van der Waals surface area contributed by atoms with Crippen LogP contribution < -0.4 is 10.2 Å². The molecule has 2 aromatic rings. The van der Waals surface area contributed by atoms with Crippen LogP contribution in [0, 0.1) is 5.41 Å². The number of nitrogens with one attached hydrogen (secondary N) is 1. The molecular weight excluding hydrogens is 476 g/mol. The fourth-order valence-corrected chi connectivity index (χ4v) is 6.69. The van der Waals surface area contributed by atoms with Crippen molar-refractivity contribution in [2.45, 2.75) is 63.2 Å². The Kier molecular flexibility index (Phi) is 6.67. The number of likely N-dealkylation sites (tertiary alicyclic amines) is 1. The number of sulfone groups is 1. The highest BCUT2D eigenvalue weighted by molar-refractivity contribution is 7.91. The zero-order valence-electron chi connectivity index (χ0n) is 21.3. The maximum atomic E-state index is 13.1. The van der Waals surface area contributed by atoms with Crippen LogP contribution in [0.25, 0.3) is 0 Å². The molecule has 3 fully saturated rings. The standard InChI is InChI=1S/C26H36N6O3S/c1-4-36(34,35)23-12-27-24(28-13-23)31-14-20(3)32(15-19(31)2)25(33)29-22-10-26(11-22)17-30(18-26)16-21-8-6-5-7-9-21/h5-9,12-13,19-20,22H,4,10-11,14-18H2,1-3H3,(H,29,33)/t19-,20+/m0/s1. The van der Waals surface area contributed by atoms with Crippen LogP contribution in [0.2, 0.25) is 0 Å². The van der Waals surface area contributed by atoms with Crippen molar-refractivity contribution in [1.29, 1.82) is 0 Å². The third-order valence-corrected chi connectivity index (χ3v) is 9.60. The molecule has 0 radical (unpaired) electrons. The summed E-state index contributed by atoms with van der Waals surface area (Å²) in [5, 5.41) is 3.26. The van der Waals surface area contributed by atoms with Crippen LogP contribution in [0.3, 0.4) is 0 Å². The van der Waals surface area contributed by atoms with E-state index in [0.29, 0.717) is 24.5 Å². The molecule has 0 unspecified atom stereocenters. The van der Waals surface area contributed by atoms with Crippen LogP contribution in [-0.2, 0) is 16.4 Å². The molecule has 1 saturated carbocycles. The lowest BCUT2D eigenvalue weighted by Gasteiger charge is -2.59. The number of carbonyl (C=O) groups excluding carboxylic acids is 1. The Morgan fingerprint density at radius 2 is 1.72 bits per heavy atom. The van der Waals surface area contributed by atoms with Gasteiger partial charge in [-0.25, -0.2) is 23.2 Å². The van der Waals surface area contributed by atoms with Gasteiger partial charge in [-0.1, -0.05) is 37.3 Å². The maximum absolute atomic E-state index is 13.1. The number of hydrogen-bond acceptors (Lipinski definition) is 7. The third-order valence-electron chi connectivity index (χ3n) is 7.91. The van der Waals surface area contributed by atoms with Crippen molar-refractivity contribution >= 4 is 21.8 Å². The van der Waals surface area contributed by atoms with Gasteiger partial charge in [0.15, 0.2) is 9.84 Å². The summed E-state index contributed by atoms with van der Waals surface area (Å²) in [5.41, 5.74) is 1.73. The van der Waals surface area contributed by atoms with E-state index in [1.807, 2.05) is 23.6 Å². The zero-order valence-corrected chi connectivity index (χ0v) is 22.1. The normalized spacial score (nSPS) is 24.3. The zero-order chi connectivity index (χ0) is 25.5. The van der Waals surface area contributed by atoms with Gasteiger partial charge in [0, 0.05) is 50.8 Å². The van der Waals surface area contributed by atoms with E-state index in [2.05, 4.69) is 50.5 Å². The minimum atomic E-state index is -3.33. The summed E-state index contributed by atoms with van der Waals surface area (Å²) in [5.74, 6) is 0.515. The number of carbonyl (C=O) groups is 1. The van der Waals surface area contributed by atoms with Gasteiger partial charge in [0.05, 0.1) is 18.1 Å². The molecule has 3 heterocycles. The van der Waals surface area contributed by atoms with E-state index >= 15 is 0 Å². The van der Waals surface area contributed by atoms with E-state index in [-0.39, 0.29) is 34.8 Å². The number of nitrogens with zero attached hydrogens (tertiary/aromatic N) is 5. The molecule has 2 atom stereocenters. The summed E-state index contributed by atoms with van der Waals surface area (Å²) < 4.78 is 24.1. The molecule has 1 spiro atoms. The largest absolute Gasteiger partial charge is 0.335 e. The van der Waals surface area contributed by atoms with Crippen molar-refractivity contribution < 1.29 is 13.2 Å². The Balaban J connectivity index is 1.10. The molecular formula is C26H36N6O3S. The van der Waals surface area contributed by atoms with E-state index in [1.54, 1.807) is 6.92 Å². The van der Waals surface area contributed by atoms with Crippen molar-refractivity contribution in [3.63, 3.8) is 0 Å². The smallest absolute Gasteiger partial charge is 0.317 e. The Morgan fingerprint density at radius 3 is 2.36 bits per heavy atom. The van der Waals surface area contributed by atoms with Crippen molar-refractivity contribution in [2.24, 2.45) is 5.41 Å². The monoisotopic (exact) mass is 512 g/mol. The Morgan fingerprint density at radius 1 is 1.06 bits per heavy atom. The fourth-order valence-electron chi connectivity index (χ4n) is 5.93. The molecule has 1 aliphatic carbocycles. The van der Waals surface area contributed by atoms with Crippen LogP contribution in [0.1, 0.15) is 39.2 Å². The molecule has 9 nitrogen and oxygen atoms in total. The van der Waals surface area contributed by atoms with Crippen LogP contribution in [-0.4, -0.2) is 84.3 Å². The third kappa shape index (κ3) is 4.93. The number of hydrogen-bond donors (Lipinski definition) is 1. The summed E-state index contributed by atoms with van der Waals surface area (Å²) in [6.45, 7) is 10.1. The molecule has 1 aromatic heterocycles. The van der Waals surface area contributed by atoms with Gasteiger partial charge in [-0.2, -0.15) is 0 Å². The highest BCUT2D eigenvalue weighted by atomic mass is 32.2. The lowest BCUT2D eigenvalue weighted by molar-refractivity contribution is -0.0811. The molecule has 36 heavy (non-hydrogen) atoms. The quantitative estimate of drug-likeness (QED) is 0.635. The predicted octanol–water partition coefficient (Wildman–Crippen LogP) is 2.54. The SMILES string of the molecule is CCS(=O)(=O)c1cnc(N2C[C@@H](C)N(C(=O)NC3CC4(C3)CN(Cc3ccccc3)C4)C[C@@H]2C)nc1. The van der Waals surface area contributed by atoms with Gasteiger partial charge in [-0.05, 0) is 37.7 Å². The number of anilines is 1. The first-order chi connectivity index (χ1) is 17.2. The van der Waals surface area contributed by atoms with Gasteiger partial charge < -0.3 is 15.1 Å². The van der Waals surface area contributed by atoms with Crippen molar-refractivity contribution in [3.05, 3.63) is 48.3 Å². The molecule has 2 aliphatic heterocycles. The van der Waals surface area contributed by atoms with Gasteiger partial charge in [0.25, 0.3) is 0 Å². The lowest BCUT2D eigenvalue weighted by Crippen LogP contribution is -2.68. The van der Waals surface area contributed by atoms with E-state index < -0.39 is 9.84 Å². The first-order valence-electron chi connectivity index (χ1n) is 12.8. The summed E-state index contributed by atoms with van der Waals surface area (Å²) >= 11 is 0. The molecule has 194 valence electrons. The Labute approximate surface area is 213 Å². The topological polar surface area (TPSA) is 98.7 Å². The molecule has 1 aromatic carbocycles.